The minimum atomic E-state index is -4.60. The van der Waals surface area contributed by atoms with Gasteiger partial charge < -0.3 is 34.3 Å². The summed E-state index contributed by atoms with van der Waals surface area (Å²) in [5, 5.41) is 30.8. The molecule has 0 aromatic carbocycles. The summed E-state index contributed by atoms with van der Waals surface area (Å²) in [6, 6.07) is 0. The summed E-state index contributed by atoms with van der Waals surface area (Å²) in [6.45, 7) is 3.70. The van der Waals surface area contributed by atoms with Gasteiger partial charge in [0.05, 0.1) is 6.61 Å². The van der Waals surface area contributed by atoms with Crippen molar-refractivity contribution in [2.24, 2.45) is 0 Å². The molecule has 6 atom stereocenters. The molecule has 1 aliphatic heterocycles. The fraction of sp³-hybridized carbons (Fsp3) is 0.860. The first-order valence-electron chi connectivity index (χ1n) is 21.9. The van der Waals surface area contributed by atoms with E-state index in [1.54, 1.807) is 0 Å². The Balaban J connectivity index is 2.47. The van der Waals surface area contributed by atoms with Crippen LogP contribution in [-0.4, -0.2) is 96.0 Å². The molecule has 0 aromatic heterocycles. The Bertz CT molecular complexity index is 1140. The summed E-state index contributed by atoms with van der Waals surface area (Å²) in [5.74, 6) is -2.00. The van der Waals surface area contributed by atoms with Crippen LogP contribution in [0.4, 0.5) is 0 Å². The van der Waals surface area contributed by atoms with Gasteiger partial charge in [0.15, 0.2) is 12.4 Å². The lowest BCUT2D eigenvalue weighted by molar-refractivity contribution is -0.297. The minimum absolute atomic E-state index is 0.160. The van der Waals surface area contributed by atoms with Gasteiger partial charge >= 0.3 is 11.9 Å². The van der Waals surface area contributed by atoms with Crippen molar-refractivity contribution in [3.8, 4) is 0 Å². The Morgan fingerprint density at radius 1 is 0.589 bits per heavy atom. The summed E-state index contributed by atoms with van der Waals surface area (Å²) >= 11 is 0. The number of hydrogen-bond donors (Lipinski definition) is 4. The van der Waals surface area contributed by atoms with Gasteiger partial charge in [0.2, 0.25) is 0 Å². The van der Waals surface area contributed by atoms with Crippen LogP contribution in [0.15, 0.2) is 24.3 Å². The lowest BCUT2D eigenvalue weighted by Crippen LogP contribution is -2.60. The van der Waals surface area contributed by atoms with Gasteiger partial charge in [-0.1, -0.05) is 134 Å². The second kappa shape index (κ2) is 34.0. The van der Waals surface area contributed by atoms with Gasteiger partial charge in [-0.3, -0.25) is 14.1 Å². The molecule has 0 radical (unpaired) electrons. The van der Waals surface area contributed by atoms with E-state index in [0.29, 0.717) is 12.8 Å². The molecular formula is C43H78O12S. The van der Waals surface area contributed by atoms with Gasteiger partial charge in [-0.25, -0.2) is 0 Å². The molecule has 0 aliphatic carbocycles. The maximum atomic E-state index is 12.8. The third-order valence-electron chi connectivity index (χ3n) is 10.0. The fourth-order valence-corrected chi connectivity index (χ4v) is 7.22. The van der Waals surface area contributed by atoms with Crippen LogP contribution < -0.4 is 0 Å². The molecule has 1 rings (SSSR count). The smallest absolute Gasteiger partial charge is 0.306 e. The van der Waals surface area contributed by atoms with Crippen molar-refractivity contribution < 1.29 is 56.8 Å². The monoisotopic (exact) mass is 819 g/mol. The van der Waals surface area contributed by atoms with Crippen molar-refractivity contribution >= 4 is 22.1 Å². The van der Waals surface area contributed by atoms with Gasteiger partial charge in [0, 0.05) is 12.8 Å². The van der Waals surface area contributed by atoms with E-state index in [1.807, 2.05) is 0 Å². The molecule has 1 aliphatic rings. The van der Waals surface area contributed by atoms with E-state index in [2.05, 4.69) is 38.2 Å². The van der Waals surface area contributed by atoms with Gasteiger partial charge in [0.1, 0.15) is 36.8 Å². The first kappa shape index (κ1) is 52.1. The maximum Gasteiger partial charge on any atom is 0.306 e. The molecule has 0 saturated carbocycles. The number of rotatable bonds is 36. The number of ether oxygens (including phenoxy) is 4. The Hall–Kier alpha value is -1.87. The van der Waals surface area contributed by atoms with Crippen LogP contribution in [0.25, 0.3) is 0 Å². The Morgan fingerprint density at radius 3 is 1.55 bits per heavy atom. The SMILES string of the molecule is CCCC/C=C/CCCCCCCCCCCC(=O)O[C@H](COC(=O)CCCCC/C=C/CCCCCCCC)CO[C@H]1O[C@H](CS(=O)(=O)O)[C@@H](O)C(O)C1O. The van der Waals surface area contributed by atoms with Crippen LogP contribution >= 0.6 is 0 Å². The number of unbranched alkanes of at least 4 members (excludes halogenated alkanes) is 20. The number of carbonyl (C=O) groups is 2. The average Bonchev–Trinajstić information content (AvgIpc) is 3.16. The summed E-state index contributed by atoms with van der Waals surface area (Å²) < 4.78 is 54.0. The van der Waals surface area contributed by atoms with Crippen LogP contribution in [-0.2, 0) is 38.7 Å². The first-order valence-corrected chi connectivity index (χ1v) is 23.5. The van der Waals surface area contributed by atoms with Crippen molar-refractivity contribution in [2.75, 3.05) is 19.0 Å². The molecule has 0 aromatic rings. The number of hydrogen-bond acceptors (Lipinski definition) is 11. The summed E-state index contributed by atoms with van der Waals surface area (Å²) in [5.41, 5.74) is 0. The predicted molar refractivity (Wildman–Crippen MR) is 220 cm³/mol. The van der Waals surface area contributed by atoms with Crippen molar-refractivity contribution in [3.05, 3.63) is 24.3 Å². The standard InChI is InChI=1S/C43H78O12S/c1-3-5-7-9-11-13-15-17-18-20-22-24-26-28-30-32-39(45)54-36(34-53-43-42(48)41(47)40(46)37(55-43)35-56(49,50)51)33-52-38(44)31-29-27-25-23-21-19-16-14-12-10-8-6-4-2/h9,11,19,21,36-37,40-43,46-48H,3-8,10,12-18,20,22-35H2,1-2H3,(H,49,50,51)/b11-9+,21-19+/t36-,37-,40-,41?,42?,43+/m1/s1. The highest BCUT2D eigenvalue weighted by Crippen LogP contribution is 2.24. The zero-order chi connectivity index (χ0) is 41.3. The lowest BCUT2D eigenvalue weighted by Gasteiger charge is -2.40. The molecule has 0 bridgehead atoms. The normalized spacial score (nSPS) is 20.9. The predicted octanol–water partition coefficient (Wildman–Crippen LogP) is 8.45. The van der Waals surface area contributed by atoms with Crippen LogP contribution in [0.3, 0.4) is 0 Å². The van der Waals surface area contributed by atoms with Crippen molar-refractivity contribution in [2.45, 2.75) is 218 Å². The van der Waals surface area contributed by atoms with E-state index in [-0.39, 0.29) is 19.4 Å². The number of aliphatic hydroxyl groups excluding tert-OH is 3. The van der Waals surface area contributed by atoms with Crippen LogP contribution in [0.1, 0.15) is 181 Å². The summed E-state index contributed by atoms with van der Waals surface area (Å²) in [4.78, 5) is 25.3. The Morgan fingerprint density at radius 2 is 1.04 bits per heavy atom. The highest BCUT2D eigenvalue weighted by Gasteiger charge is 2.46. The summed E-state index contributed by atoms with van der Waals surface area (Å²) in [7, 11) is -4.60. The minimum Gasteiger partial charge on any atom is -0.462 e. The van der Waals surface area contributed by atoms with E-state index in [1.165, 1.54) is 89.9 Å². The van der Waals surface area contributed by atoms with Gasteiger partial charge in [-0.2, -0.15) is 8.42 Å². The molecule has 0 amide bonds. The van der Waals surface area contributed by atoms with Gasteiger partial charge in [-0.15, -0.1) is 0 Å². The second-order valence-corrected chi connectivity index (χ2v) is 16.9. The number of esters is 2. The molecule has 56 heavy (non-hydrogen) atoms. The fourth-order valence-electron chi connectivity index (χ4n) is 6.53. The van der Waals surface area contributed by atoms with E-state index < -0.39 is 71.2 Å². The average molecular weight is 819 g/mol. The number of aliphatic hydroxyl groups is 3. The first-order chi connectivity index (χ1) is 27.0. The van der Waals surface area contributed by atoms with Crippen LogP contribution in [0.2, 0.25) is 0 Å². The molecule has 4 N–H and O–H groups in total. The Labute approximate surface area is 338 Å². The largest absolute Gasteiger partial charge is 0.462 e. The molecule has 12 nitrogen and oxygen atoms in total. The molecule has 1 saturated heterocycles. The highest BCUT2D eigenvalue weighted by atomic mass is 32.2. The van der Waals surface area contributed by atoms with E-state index in [0.717, 1.165) is 51.4 Å². The zero-order valence-corrected chi connectivity index (χ0v) is 35.6. The quantitative estimate of drug-likeness (QED) is 0.0205. The molecule has 0 spiro atoms. The van der Waals surface area contributed by atoms with E-state index in [9.17, 15) is 37.9 Å². The third kappa shape index (κ3) is 28.5. The molecule has 1 heterocycles. The number of allylic oxidation sites excluding steroid dienone is 4. The molecule has 13 heteroatoms. The second-order valence-electron chi connectivity index (χ2n) is 15.4. The third-order valence-corrected chi connectivity index (χ3v) is 10.8. The molecule has 1 fully saturated rings. The van der Waals surface area contributed by atoms with Crippen molar-refractivity contribution in [3.63, 3.8) is 0 Å². The molecular weight excluding hydrogens is 741 g/mol. The maximum absolute atomic E-state index is 12.8. The van der Waals surface area contributed by atoms with Gasteiger partial charge in [0.25, 0.3) is 10.1 Å². The topological polar surface area (TPSA) is 186 Å². The van der Waals surface area contributed by atoms with Crippen molar-refractivity contribution in [1.82, 2.24) is 0 Å². The molecule has 328 valence electrons. The van der Waals surface area contributed by atoms with Crippen LogP contribution in [0, 0.1) is 0 Å². The van der Waals surface area contributed by atoms with E-state index in [4.69, 9.17) is 18.9 Å². The number of carbonyl (C=O) groups excluding carboxylic acids is 2. The molecule has 2 unspecified atom stereocenters. The summed E-state index contributed by atoms with van der Waals surface area (Å²) in [6.07, 6.45) is 26.5. The highest BCUT2D eigenvalue weighted by molar-refractivity contribution is 7.85. The van der Waals surface area contributed by atoms with Crippen molar-refractivity contribution in [1.29, 1.82) is 0 Å². The van der Waals surface area contributed by atoms with Gasteiger partial charge in [-0.05, 0) is 57.8 Å². The Kier molecular flexibility index (Phi) is 31.7. The zero-order valence-electron chi connectivity index (χ0n) is 34.7. The van der Waals surface area contributed by atoms with E-state index >= 15 is 0 Å². The lowest BCUT2D eigenvalue weighted by atomic mass is 10.00. The van der Waals surface area contributed by atoms with Crippen LogP contribution in [0.5, 0.6) is 0 Å².